The SMILES string of the molecule is NC(=O)c1ccsc1NC(=O)c1cnccn1. The Bertz CT molecular complexity index is 552. The van der Waals surface area contributed by atoms with Gasteiger partial charge in [-0.2, -0.15) is 0 Å². The Balaban J connectivity index is 2.19. The van der Waals surface area contributed by atoms with Gasteiger partial charge in [-0.05, 0) is 11.4 Å². The third-order valence-electron chi connectivity index (χ3n) is 1.95. The Morgan fingerprint density at radius 2 is 2.18 bits per heavy atom. The summed E-state index contributed by atoms with van der Waals surface area (Å²) in [5.74, 6) is -1.01. The fraction of sp³-hybridized carbons (Fsp3) is 0. The number of rotatable bonds is 3. The molecule has 17 heavy (non-hydrogen) atoms. The summed E-state index contributed by atoms with van der Waals surface area (Å²) < 4.78 is 0. The zero-order valence-corrected chi connectivity index (χ0v) is 9.40. The highest BCUT2D eigenvalue weighted by molar-refractivity contribution is 7.14. The van der Waals surface area contributed by atoms with Crippen LogP contribution in [0.4, 0.5) is 5.00 Å². The average molecular weight is 248 g/mol. The van der Waals surface area contributed by atoms with E-state index in [1.807, 2.05) is 0 Å². The van der Waals surface area contributed by atoms with Gasteiger partial charge in [-0.25, -0.2) is 4.98 Å². The Kier molecular flexibility index (Phi) is 3.10. The smallest absolute Gasteiger partial charge is 0.276 e. The number of carbonyl (C=O) groups is 2. The van der Waals surface area contributed by atoms with E-state index in [1.54, 1.807) is 11.4 Å². The molecule has 2 heterocycles. The standard InChI is InChI=1S/C10H8N4O2S/c11-8(15)6-1-4-17-10(6)14-9(16)7-5-12-2-3-13-7/h1-5H,(H2,11,15)(H,14,16). The quantitative estimate of drug-likeness (QED) is 0.842. The molecule has 2 amide bonds. The molecule has 0 radical (unpaired) electrons. The highest BCUT2D eigenvalue weighted by atomic mass is 32.1. The molecule has 7 heteroatoms. The van der Waals surface area contributed by atoms with Crippen LogP contribution in [0, 0.1) is 0 Å². The fourth-order valence-electron chi connectivity index (χ4n) is 1.18. The molecule has 0 saturated carbocycles. The summed E-state index contributed by atoms with van der Waals surface area (Å²) in [7, 11) is 0. The molecule has 3 N–H and O–H groups in total. The molecule has 0 bridgehead atoms. The van der Waals surface area contributed by atoms with Crippen molar-refractivity contribution in [3.8, 4) is 0 Å². The normalized spacial score (nSPS) is 9.88. The summed E-state index contributed by atoms with van der Waals surface area (Å²) >= 11 is 1.22. The van der Waals surface area contributed by atoms with Crippen molar-refractivity contribution in [2.45, 2.75) is 0 Å². The number of thiophene rings is 1. The van der Waals surface area contributed by atoms with E-state index in [2.05, 4.69) is 15.3 Å². The molecule has 0 unspecified atom stereocenters. The van der Waals surface area contributed by atoms with E-state index in [4.69, 9.17) is 5.73 Å². The summed E-state index contributed by atoms with van der Waals surface area (Å²) in [6.45, 7) is 0. The maximum atomic E-state index is 11.7. The van der Waals surface area contributed by atoms with Crippen LogP contribution in [0.25, 0.3) is 0 Å². The van der Waals surface area contributed by atoms with E-state index in [0.717, 1.165) is 0 Å². The van der Waals surface area contributed by atoms with Crippen molar-refractivity contribution < 1.29 is 9.59 Å². The second-order valence-corrected chi connectivity index (χ2v) is 3.99. The fourth-order valence-corrected chi connectivity index (χ4v) is 1.97. The van der Waals surface area contributed by atoms with E-state index < -0.39 is 11.8 Å². The van der Waals surface area contributed by atoms with Crippen LogP contribution in [0.1, 0.15) is 20.8 Å². The molecule has 0 fully saturated rings. The minimum absolute atomic E-state index is 0.177. The predicted octanol–water partition coefficient (Wildman–Crippen LogP) is 0.889. The third kappa shape index (κ3) is 2.45. The molecule has 2 aromatic heterocycles. The van der Waals surface area contributed by atoms with E-state index in [0.29, 0.717) is 5.00 Å². The van der Waals surface area contributed by atoms with Gasteiger partial charge in [0, 0.05) is 12.4 Å². The summed E-state index contributed by atoms with van der Waals surface area (Å²) in [5, 5.41) is 4.65. The Labute approximate surface area is 101 Å². The first kappa shape index (κ1) is 11.2. The van der Waals surface area contributed by atoms with Crippen molar-refractivity contribution in [1.29, 1.82) is 0 Å². The van der Waals surface area contributed by atoms with Crippen LogP contribution >= 0.6 is 11.3 Å². The molecule has 0 aromatic carbocycles. The molecular formula is C10H8N4O2S. The van der Waals surface area contributed by atoms with Crippen molar-refractivity contribution in [3.05, 3.63) is 41.3 Å². The van der Waals surface area contributed by atoms with Crippen molar-refractivity contribution in [3.63, 3.8) is 0 Å². The molecule has 0 spiro atoms. The first-order valence-electron chi connectivity index (χ1n) is 4.63. The summed E-state index contributed by atoms with van der Waals surface area (Å²) in [6.07, 6.45) is 4.22. The predicted molar refractivity (Wildman–Crippen MR) is 62.8 cm³/mol. The number of aromatic nitrogens is 2. The van der Waals surface area contributed by atoms with Gasteiger partial charge in [0.1, 0.15) is 10.7 Å². The number of primary amides is 1. The second-order valence-electron chi connectivity index (χ2n) is 3.07. The monoisotopic (exact) mass is 248 g/mol. The van der Waals surface area contributed by atoms with E-state index in [1.165, 1.54) is 29.9 Å². The second kappa shape index (κ2) is 4.71. The summed E-state index contributed by atoms with van der Waals surface area (Å²) in [5.41, 5.74) is 5.62. The Morgan fingerprint density at radius 1 is 1.35 bits per heavy atom. The number of carbonyl (C=O) groups excluding carboxylic acids is 2. The van der Waals surface area contributed by atoms with E-state index >= 15 is 0 Å². The highest BCUT2D eigenvalue weighted by Gasteiger charge is 2.14. The molecule has 2 rings (SSSR count). The molecule has 86 valence electrons. The van der Waals surface area contributed by atoms with Gasteiger partial charge < -0.3 is 11.1 Å². The molecule has 0 aliphatic carbocycles. The largest absolute Gasteiger partial charge is 0.366 e. The maximum absolute atomic E-state index is 11.7. The van der Waals surface area contributed by atoms with Crippen LogP contribution in [0.15, 0.2) is 30.0 Å². The molecule has 0 saturated heterocycles. The van der Waals surface area contributed by atoms with Gasteiger partial charge in [0.2, 0.25) is 0 Å². The minimum atomic E-state index is -0.583. The zero-order chi connectivity index (χ0) is 12.3. The van der Waals surface area contributed by atoms with Gasteiger partial charge in [-0.3, -0.25) is 14.6 Å². The molecular weight excluding hydrogens is 240 g/mol. The van der Waals surface area contributed by atoms with Crippen LogP contribution in [-0.4, -0.2) is 21.8 Å². The first-order valence-corrected chi connectivity index (χ1v) is 5.51. The van der Waals surface area contributed by atoms with Gasteiger partial charge in [-0.1, -0.05) is 0 Å². The number of nitrogens with zero attached hydrogens (tertiary/aromatic N) is 2. The number of nitrogens with one attached hydrogen (secondary N) is 1. The lowest BCUT2D eigenvalue weighted by molar-refractivity contribution is 0.100. The lowest BCUT2D eigenvalue weighted by Gasteiger charge is -2.02. The molecule has 6 nitrogen and oxygen atoms in total. The minimum Gasteiger partial charge on any atom is -0.366 e. The van der Waals surface area contributed by atoms with Gasteiger partial charge in [0.25, 0.3) is 11.8 Å². The molecule has 0 aliphatic heterocycles. The van der Waals surface area contributed by atoms with Gasteiger partial charge in [-0.15, -0.1) is 11.3 Å². The number of anilines is 1. The van der Waals surface area contributed by atoms with Crippen LogP contribution in [-0.2, 0) is 0 Å². The van der Waals surface area contributed by atoms with Crippen molar-refractivity contribution in [2.75, 3.05) is 5.32 Å². The van der Waals surface area contributed by atoms with E-state index in [9.17, 15) is 9.59 Å². The Morgan fingerprint density at radius 3 is 2.82 bits per heavy atom. The van der Waals surface area contributed by atoms with Crippen LogP contribution < -0.4 is 11.1 Å². The summed E-state index contributed by atoms with van der Waals surface area (Å²) in [4.78, 5) is 30.4. The van der Waals surface area contributed by atoms with Crippen molar-refractivity contribution in [1.82, 2.24) is 9.97 Å². The van der Waals surface area contributed by atoms with Gasteiger partial charge in [0.15, 0.2) is 0 Å². The molecule has 0 atom stereocenters. The molecule has 0 aliphatic rings. The van der Waals surface area contributed by atoms with Crippen LogP contribution in [0.5, 0.6) is 0 Å². The summed E-state index contributed by atoms with van der Waals surface area (Å²) in [6, 6.07) is 1.55. The zero-order valence-electron chi connectivity index (χ0n) is 8.58. The number of nitrogens with two attached hydrogens (primary N) is 1. The van der Waals surface area contributed by atoms with Crippen LogP contribution in [0.3, 0.4) is 0 Å². The van der Waals surface area contributed by atoms with E-state index in [-0.39, 0.29) is 11.3 Å². The highest BCUT2D eigenvalue weighted by Crippen LogP contribution is 2.22. The lowest BCUT2D eigenvalue weighted by atomic mass is 10.3. The number of hydrogen-bond donors (Lipinski definition) is 2. The van der Waals surface area contributed by atoms with Gasteiger partial charge >= 0.3 is 0 Å². The third-order valence-corrected chi connectivity index (χ3v) is 2.78. The maximum Gasteiger partial charge on any atom is 0.276 e. The molecule has 2 aromatic rings. The lowest BCUT2D eigenvalue weighted by Crippen LogP contribution is -2.17. The topological polar surface area (TPSA) is 98.0 Å². The Hall–Kier alpha value is -2.28. The van der Waals surface area contributed by atoms with Crippen molar-refractivity contribution in [2.24, 2.45) is 5.73 Å². The number of hydrogen-bond acceptors (Lipinski definition) is 5. The number of amides is 2. The average Bonchev–Trinajstić information content (AvgIpc) is 2.78. The van der Waals surface area contributed by atoms with Crippen molar-refractivity contribution >= 4 is 28.2 Å². The first-order chi connectivity index (χ1) is 8.18. The van der Waals surface area contributed by atoms with Crippen LogP contribution in [0.2, 0.25) is 0 Å². The van der Waals surface area contributed by atoms with Gasteiger partial charge in [0.05, 0.1) is 11.8 Å².